The normalized spacial score (nSPS) is 17.9. The van der Waals surface area contributed by atoms with Crippen LogP contribution in [-0.4, -0.2) is 11.0 Å². The number of hydrogen-bond donors (Lipinski definition) is 1. The van der Waals surface area contributed by atoms with Crippen molar-refractivity contribution in [3.63, 3.8) is 0 Å². The zero-order chi connectivity index (χ0) is 13.9. The van der Waals surface area contributed by atoms with E-state index >= 15 is 0 Å². The number of allylic oxidation sites excluding steroid dienone is 2. The molecule has 3 heteroatoms. The Bertz CT molecular complexity index is 650. The summed E-state index contributed by atoms with van der Waals surface area (Å²) in [4.78, 5) is 4.68. The Kier molecular flexibility index (Phi) is 3.70. The van der Waals surface area contributed by atoms with E-state index in [2.05, 4.69) is 72.0 Å². The second-order valence-electron chi connectivity index (χ2n) is 5.20. The molecule has 1 heterocycles. The summed E-state index contributed by atoms with van der Waals surface area (Å²) in [5.74, 6) is 0. The van der Waals surface area contributed by atoms with Crippen molar-refractivity contribution in [2.24, 2.45) is 0 Å². The Morgan fingerprint density at radius 1 is 1.20 bits per heavy atom. The Labute approximate surface area is 123 Å². The molecule has 1 aliphatic carbocycles. The van der Waals surface area contributed by atoms with Crippen LogP contribution in [0.2, 0.25) is 0 Å². The number of benzene rings is 1. The van der Waals surface area contributed by atoms with Gasteiger partial charge < -0.3 is 5.32 Å². The summed E-state index contributed by atoms with van der Waals surface area (Å²) >= 11 is 1.67. The molecule has 0 radical (unpaired) electrons. The first-order valence-corrected chi connectivity index (χ1v) is 7.73. The zero-order valence-corrected chi connectivity index (χ0v) is 12.6. The van der Waals surface area contributed by atoms with Gasteiger partial charge in [-0.3, -0.25) is 0 Å². The Hall–Kier alpha value is -1.87. The van der Waals surface area contributed by atoms with Gasteiger partial charge in [-0.25, -0.2) is 4.98 Å². The third-order valence-corrected chi connectivity index (χ3v) is 4.22. The van der Waals surface area contributed by atoms with Crippen molar-refractivity contribution in [3.8, 4) is 11.3 Å². The van der Waals surface area contributed by atoms with E-state index in [0.29, 0.717) is 6.04 Å². The molecule has 1 atom stereocenters. The quantitative estimate of drug-likeness (QED) is 0.874. The van der Waals surface area contributed by atoms with Gasteiger partial charge in [0.05, 0.1) is 11.7 Å². The highest BCUT2D eigenvalue weighted by Crippen LogP contribution is 2.26. The van der Waals surface area contributed by atoms with Gasteiger partial charge in [0.2, 0.25) is 0 Å². The highest BCUT2D eigenvalue weighted by molar-refractivity contribution is 7.14. The van der Waals surface area contributed by atoms with Crippen LogP contribution in [0, 0.1) is 6.92 Å². The van der Waals surface area contributed by atoms with Crippen LogP contribution < -0.4 is 5.32 Å². The van der Waals surface area contributed by atoms with E-state index in [0.717, 1.165) is 17.2 Å². The van der Waals surface area contributed by atoms with Crippen LogP contribution in [0.15, 0.2) is 53.4 Å². The van der Waals surface area contributed by atoms with Crippen molar-refractivity contribution in [2.75, 3.05) is 5.32 Å². The molecule has 0 aliphatic heterocycles. The molecular formula is C17H18N2S. The average molecular weight is 282 g/mol. The van der Waals surface area contributed by atoms with Crippen LogP contribution in [-0.2, 0) is 0 Å². The third-order valence-electron chi connectivity index (χ3n) is 3.45. The third kappa shape index (κ3) is 2.99. The molecule has 1 aromatic heterocycles. The molecule has 0 fully saturated rings. The van der Waals surface area contributed by atoms with Crippen molar-refractivity contribution in [1.82, 2.24) is 4.98 Å². The van der Waals surface area contributed by atoms with Crippen molar-refractivity contribution in [1.29, 1.82) is 0 Å². The van der Waals surface area contributed by atoms with Gasteiger partial charge in [-0.15, -0.1) is 11.3 Å². The molecule has 102 valence electrons. The maximum Gasteiger partial charge on any atom is 0.183 e. The number of rotatable bonds is 3. The first kappa shape index (κ1) is 13.1. The predicted molar refractivity (Wildman–Crippen MR) is 87.2 cm³/mol. The zero-order valence-electron chi connectivity index (χ0n) is 11.8. The Balaban J connectivity index is 1.71. The van der Waals surface area contributed by atoms with Gasteiger partial charge in [0, 0.05) is 10.9 Å². The average Bonchev–Trinajstić information content (AvgIpc) is 2.91. The van der Waals surface area contributed by atoms with Gasteiger partial charge in [-0.2, -0.15) is 0 Å². The summed E-state index contributed by atoms with van der Waals surface area (Å²) in [5, 5.41) is 6.58. The molecule has 0 saturated carbocycles. The van der Waals surface area contributed by atoms with Crippen LogP contribution >= 0.6 is 11.3 Å². The minimum Gasteiger partial charge on any atom is -0.355 e. The minimum absolute atomic E-state index is 0.357. The molecule has 0 spiro atoms. The standard InChI is InChI=1S/C17H18N2S/c1-12-3-7-14(8-4-12)16-11-20-17(19-16)18-15-9-5-13(2)6-10-15/h3-9,11,15H,10H2,1-2H3,(H,18,19). The van der Waals surface area contributed by atoms with Crippen LogP contribution in [0.4, 0.5) is 5.13 Å². The molecule has 0 saturated heterocycles. The van der Waals surface area contributed by atoms with E-state index in [4.69, 9.17) is 0 Å². The lowest BCUT2D eigenvalue weighted by Crippen LogP contribution is -2.17. The Morgan fingerprint density at radius 3 is 2.70 bits per heavy atom. The summed E-state index contributed by atoms with van der Waals surface area (Å²) in [6, 6.07) is 8.86. The summed E-state index contributed by atoms with van der Waals surface area (Å²) in [7, 11) is 0. The van der Waals surface area contributed by atoms with E-state index in [-0.39, 0.29) is 0 Å². The van der Waals surface area contributed by atoms with E-state index < -0.39 is 0 Å². The number of thiazole rings is 1. The van der Waals surface area contributed by atoms with Crippen LogP contribution in [0.5, 0.6) is 0 Å². The van der Waals surface area contributed by atoms with Crippen molar-refractivity contribution < 1.29 is 0 Å². The molecule has 20 heavy (non-hydrogen) atoms. The lowest BCUT2D eigenvalue weighted by atomic mass is 10.0. The molecule has 0 bridgehead atoms. The van der Waals surface area contributed by atoms with E-state index in [1.807, 2.05) is 0 Å². The van der Waals surface area contributed by atoms with Gasteiger partial charge >= 0.3 is 0 Å². The highest BCUT2D eigenvalue weighted by Gasteiger charge is 2.10. The number of aryl methyl sites for hydroxylation is 1. The number of nitrogens with one attached hydrogen (secondary N) is 1. The molecule has 1 N–H and O–H groups in total. The van der Waals surface area contributed by atoms with Gasteiger partial charge in [0.15, 0.2) is 5.13 Å². The van der Waals surface area contributed by atoms with Crippen LogP contribution in [0.25, 0.3) is 11.3 Å². The van der Waals surface area contributed by atoms with Crippen LogP contribution in [0.3, 0.4) is 0 Å². The molecule has 1 aromatic carbocycles. The van der Waals surface area contributed by atoms with Gasteiger partial charge in [-0.05, 0) is 20.3 Å². The molecule has 1 unspecified atom stereocenters. The topological polar surface area (TPSA) is 24.9 Å². The molecule has 2 aromatic rings. The van der Waals surface area contributed by atoms with Gasteiger partial charge in [0.25, 0.3) is 0 Å². The summed E-state index contributed by atoms with van der Waals surface area (Å²) in [5.41, 5.74) is 4.83. The van der Waals surface area contributed by atoms with Gasteiger partial charge in [-0.1, -0.05) is 53.6 Å². The van der Waals surface area contributed by atoms with E-state index in [1.54, 1.807) is 11.3 Å². The van der Waals surface area contributed by atoms with E-state index in [1.165, 1.54) is 16.7 Å². The monoisotopic (exact) mass is 282 g/mol. The Morgan fingerprint density at radius 2 is 2.00 bits per heavy atom. The SMILES string of the molecule is CC1=CCC(Nc2nc(-c3ccc(C)cc3)cs2)C=C1. The fourth-order valence-corrected chi connectivity index (χ4v) is 2.97. The molecule has 1 aliphatic rings. The van der Waals surface area contributed by atoms with Crippen molar-refractivity contribution >= 4 is 16.5 Å². The van der Waals surface area contributed by atoms with Gasteiger partial charge in [0.1, 0.15) is 0 Å². The summed E-state index contributed by atoms with van der Waals surface area (Å²) < 4.78 is 0. The second kappa shape index (κ2) is 5.63. The predicted octanol–water partition coefficient (Wildman–Crippen LogP) is 4.81. The fraction of sp³-hybridized carbons (Fsp3) is 0.235. The first-order valence-electron chi connectivity index (χ1n) is 6.85. The first-order chi connectivity index (χ1) is 9.70. The molecule has 2 nitrogen and oxygen atoms in total. The van der Waals surface area contributed by atoms with Crippen molar-refractivity contribution in [2.45, 2.75) is 26.3 Å². The maximum atomic E-state index is 4.68. The smallest absolute Gasteiger partial charge is 0.183 e. The lowest BCUT2D eigenvalue weighted by Gasteiger charge is -2.15. The van der Waals surface area contributed by atoms with Crippen LogP contribution in [0.1, 0.15) is 18.9 Å². The molecular weight excluding hydrogens is 264 g/mol. The number of hydrogen-bond acceptors (Lipinski definition) is 3. The lowest BCUT2D eigenvalue weighted by molar-refractivity contribution is 0.871. The highest BCUT2D eigenvalue weighted by atomic mass is 32.1. The second-order valence-corrected chi connectivity index (χ2v) is 6.06. The fourth-order valence-electron chi connectivity index (χ4n) is 2.19. The maximum absolute atomic E-state index is 4.68. The molecule has 3 rings (SSSR count). The summed E-state index contributed by atoms with van der Waals surface area (Å²) in [6.45, 7) is 4.23. The largest absolute Gasteiger partial charge is 0.355 e. The minimum atomic E-state index is 0.357. The number of nitrogens with zero attached hydrogens (tertiary/aromatic N) is 1. The number of anilines is 1. The van der Waals surface area contributed by atoms with Crippen molar-refractivity contribution in [3.05, 3.63) is 59.0 Å². The molecule has 0 amide bonds. The summed E-state index contributed by atoms with van der Waals surface area (Å²) in [6.07, 6.45) is 7.66. The number of aromatic nitrogens is 1. The van der Waals surface area contributed by atoms with E-state index in [9.17, 15) is 0 Å².